The van der Waals surface area contributed by atoms with Crippen LogP contribution in [-0.2, 0) is 6.42 Å². The highest BCUT2D eigenvalue weighted by atomic mass is 35.5. The molecule has 2 aromatic rings. The summed E-state index contributed by atoms with van der Waals surface area (Å²) < 4.78 is 0. The van der Waals surface area contributed by atoms with Crippen LogP contribution in [0.15, 0.2) is 24.4 Å². The van der Waals surface area contributed by atoms with Gasteiger partial charge in [0.2, 0.25) is 0 Å². The number of aryl methyl sites for hydroxylation is 1. The number of rotatable bonds is 0. The zero-order chi connectivity index (χ0) is 12.0. The predicted molar refractivity (Wildman–Crippen MR) is 66.9 cm³/mol. The largest absolute Gasteiger partial charge is 0.243 e. The Morgan fingerprint density at radius 2 is 2.24 bits per heavy atom. The first-order valence-corrected chi connectivity index (χ1v) is 5.76. The normalized spacial score (nSPS) is 11.8. The average molecular weight is 241 g/mol. The lowest BCUT2D eigenvalue weighted by molar-refractivity contribution is 1.20. The summed E-state index contributed by atoms with van der Waals surface area (Å²) in [7, 11) is 0. The molecule has 2 nitrogen and oxygen atoms in total. The van der Waals surface area contributed by atoms with E-state index in [4.69, 9.17) is 16.9 Å². The van der Waals surface area contributed by atoms with Crippen molar-refractivity contribution in [2.45, 2.75) is 13.3 Å². The second-order valence-electron chi connectivity index (χ2n) is 4.27. The molecule has 1 aromatic carbocycles. The molecule has 0 bridgehead atoms. The standard InChI is InChI=1S/C14H9ClN2/c1-8-2-3-11-9(4-8)5-12-10(6-16)7-17-14(15)13(11)12/h2-4,7H,5H2,1H3. The van der Waals surface area contributed by atoms with E-state index in [1.807, 2.05) is 0 Å². The molecule has 0 saturated heterocycles. The zero-order valence-corrected chi connectivity index (χ0v) is 10.0. The second-order valence-corrected chi connectivity index (χ2v) is 4.62. The molecule has 0 fully saturated rings. The van der Waals surface area contributed by atoms with Gasteiger partial charge in [0, 0.05) is 18.2 Å². The third kappa shape index (κ3) is 1.44. The van der Waals surface area contributed by atoms with Crippen molar-refractivity contribution < 1.29 is 0 Å². The Kier molecular flexibility index (Phi) is 2.17. The number of hydrogen-bond acceptors (Lipinski definition) is 2. The summed E-state index contributed by atoms with van der Waals surface area (Å²) in [4.78, 5) is 4.09. The first kappa shape index (κ1) is 10.3. The van der Waals surface area contributed by atoms with E-state index in [1.54, 1.807) is 6.20 Å². The molecular formula is C14H9ClN2. The molecule has 0 N–H and O–H groups in total. The van der Waals surface area contributed by atoms with Crippen LogP contribution in [0, 0.1) is 18.3 Å². The summed E-state index contributed by atoms with van der Waals surface area (Å²) in [6.45, 7) is 2.06. The van der Waals surface area contributed by atoms with Gasteiger partial charge in [-0.05, 0) is 23.6 Å². The third-order valence-corrected chi connectivity index (χ3v) is 3.44. The molecule has 0 atom stereocenters. The van der Waals surface area contributed by atoms with Crippen LogP contribution in [0.2, 0.25) is 5.15 Å². The molecule has 0 amide bonds. The fourth-order valence-corrected chi connectivity index (χ4v) is 2.64. The number of nitriles is 1. The molecule has 0 spiro atoms. The summed E-state index contributed by atoms with van der Waals surface area (Å²) in [5, 5.41) is 9.58. The van der Waals surface area contributed by atoms with Gasteiger partial charge in [-0.2, -0.15) is 5.26 Å². The van der Waals surface area contributed by atoms with Crippen LogP contribution in [0.3, 0.4) is 0 Å². The molecule has 17 heavy (non-hydrogen) atoms. The maximum atomic E-state index is 9.09. The Morgan fingerprint density at radius 3 is 3.00 bits per heavy atom. The van der Waals surface area contributed by atoms with Crippen molar-refractivity contribution in [2.24, 2.45) is 0 Å². The lowest BCUT2D eigenvalue weighted by atomic mass is 10.0. The van der Waals surface area contributed by atoms with Crippen molar-refractivity contribution in [1.29, 1.82) is 5.26 Å². The van der Waals surface area contributed by atoms with Crippen molar-refractivity contribution in [3.8, 4) is 17.2 Å². The summed E-state index contributed by atoms with van der Waals surface area (Å²) in [6.07, 6.45) is 2.33. The van der Waals surface area contributed by atoms with E-state index >= 15 is 0 Å². The minimum Gasteiger partial charge on any atom is -0.243 e. The second kappa shape index (κ2) is 3.58. The molecule has 0 unspecified atom stereocenters. The smallest absolute Gasteiger partial charge is 0.137 e. The third-order valence-electron chi connectivity index (χ3n) is 3.16. The van der Waals surface area contributed by atoms with E-state index in [0.717, 1.165) is 23.1 Å². The fourth-order valence-electron chi connectivity index (χ4n) is 2.38. The molecule has 0 radical (unpaired) electrons. The Morgan fingerprint density at radius 1 is 1.41 bits per heavy atom. The minimum atomic E-state index is 0.488. The van der Waals surface area contributed by atoms with E-state index in [0.29, 0.717) is 10.7 Å². The lowest BCUT2D eigenvalue weighted by Gasteiger charge is -2.04. The molecule has 3 rings (SSSR count). The van der Waals surface area contributed by atoms with E-state index in [1.165, 1.54) is 11.1 Å². The molecule has 1 aliphatic carbocycles. The number of pyridine rings is 1. The van der Waals surface area contributed by atoms with E-state index in [-0.39, 0.29) is 0 Å². The monoisotopic (exact) mass is 240 g/mol. The van der Waals surface area contributed by atoms with Gasteiger partial charge in [0.15, 0.2) is 0 Å². The molecule has 82 valence electrons. The van der Waals surface area contributed by atoms with Crippen LogP contribution in [-0.4, -0.2) is 4.98 Å². The molecule has 1 aliphatic rings. The van der Waals surface area contributed by atoms with E-state index < -0.39 is 0 Å². The maximum Gasteiger partial charge on any atom is 0.137 e. The van der Waals surface area contributed by atoms with Crippen LogP contribution in [0.5, 0.6) is 0 Å². The zero-order valence-electron chi connectivity index (χ0n) is 9.29. The topological polar surface area (TPSA) is 36.7 Å². The van der Waals surface area contributed by atoms with E-state index in [2.05, 4.69) is 36.2 Å². The van der Waals surface area contributed by atoms with Gasteiger partial charge in [0.05, 0.1) is 5.56 Å². The Labute approximate surface area is 104 Å². The number of benzene rings is 1. The number of aromatic nitrogens is 1. The van der Waals surface area contributed by atoms with Crippen LogP contribution < -0.4 is 0 Å². The van der Waals surface area contributed by atoms with Gasteiger partial charge in [0.1, 0.15) is 11.2 Å². The van der Waals surface area contributed by atoms with Crippen molar-refractivity contribution in [2.75, 3.05) is 0 Å². The van der Waals surface area contributed by atoms with Crippen LogP contribution in [0.1, 0.15) is 22.3 Å². The first-order chi connectivity index (χ1) is 8.20. The van der Waals surface area contributed by atoms with Crippen molar-refractivity contribution >= 4 is 11.6 Å². The molecular weight excluding hydrogens is 232 g/mol. The highest BCUT2D eigenvalue weighted by Crippen LogP contribution is 2.41. The van der Waals surface area contributed by atoms with Gasteiger partial charge in [-0.25, -0.2) is 4.98 Å². The molecule has 0 aliphatic heterocycles. The molecule has 1 heterocycles. The SMILES string of the molecule is Cc1ccc2c(c1)Cc1c(C#N)cnc(Cl)c1-2. The molecule has 3 heteroatoms. The van der Waals surface area contributed by atoms with Crippen LogP contribution in [0.25, 0.3) is 11.1 Å². The predicted octanol–water partition coefficient (Wildman–Crippen LogP) is 3.49. The van der Waals surface area contributed by atoms with Crippen molar-refractivity contribution in [3.05, 3.63) is 51.8 Å². The number of halogens is 1. The average Bonchev–Trinajstić information content (AvgIpc) is 2.68. The summed E-state index contributed by atoms with van der Waals surface area (Å²) in [5.74, 6) is 0. The van der Waals surface area contributed by atoms with Gasteiger partial charge in [-0.15, -0.1) is 0 Å². The minimum absolute atomic E-state index is 0.488. The Hall–Kier alpha value is -1.85. The quantitative estimate of drug-likeness (QED) is 0.564. The molecule has 1 aromatic heterocycles. The molecule has 0 saturated carbocycles. The van der Waals surface area contributed by atoms with Gasteiger partial charge in [-0.1, -0.05) is 35.4 Å². The van der Waals surface area contributed by atoms with Crippen molar-refractivity contribution in [1.82, 2.24) is 4.98 Å². The Bertz CT molecular complexity index is 669. The summed E-state index contributed by atoms with van der Waals surface area (Å²) in [6, 6.07) is 8.45. The van der Waals surface area contributed by atoms with Crippen LogP contribution in [0.4, 0.5) is 0 Å². The van der Waals surface area contributed by atoms with Gasteiger partial charge in [-0.3, -0.25) is 0 Å². The number of nitrogens with zero attached hydrogens (tertiary/aromatic N) is 2. The lowest BCUT2D eigenvalue weighted by Crippen LogP contribution is -1.90. The number of hydrogen-bond donors (Lipinski definition) is 0. The number of fused-ring (bicyclic) bond motifs is 3. The Balaban J connectivity index is 2.33. The van der Waals surface area contributed by atoms with Gasteiger partial charge in [0.25, 0.3) is 0 Å². The summed E-state index contributed by atoms with van der Waals surface area (Å²) in [5.41, 5.74) is 6.12. The summed E-state index contributed by atoms with van der Waals surface area (Å²) >= 11 is 6.15. The first-order valence-electron chi connectivity index (χ1n) is 5.38. The highest BCUT2D eigenvalue weighted by Gasteiger charge is 2.24. The van der Waals surface area contributed by atoms with Crippen LogP contribution >= 0.6 is 11.6 Å². The van der Waals surface area contributed by atoms with Gasteiger partial charge < -0.3 is 0 Å². The van der Waals surface area contributed by atoms with E-state index in [9.17, 15) is 0 Å². The highest BCUT2D eigenvalue weighted by molar-refractivity contribution is 6.32. The van der Waals surface area contributed by atoms with Gasteiger partial charge >= 0.3 is 0 Å². The fraction of sp³-hybridized carbons (Fsp3) is 0.143. The van der Waals surface area contributed by atoms with Crippen molar-refractivity contribution in [3.63, 3.8) is 0 Å². The maximum absolute atomic E-state index is 9.09.